The zero-order valence-corrected chi connectivity index (χ0v) is 16.5. The summed E-state index contributed by atoms with van der Waals surface area (Å²) in [5, 5.41) is 9.80. The van der Waals surface area contributed by atoms with Crippen molar-refractivity contribution < 1.29 is 0 Å². The van der Waals surface area contributed by atoms with Crippen LogP contribution >= 0.6 is 0 Å². The molecule has 2 aliphatic rings. The lowest BCUT2D eigenvalue weighted by molar-refractivity contribution is 0.163. The Kier molecular flexibility index (Phi) is 8.65. The fourth-order valence-electron chi connectivity index (χ4n) is 5.32. The highest BCUT2D eigenvalue weighted by molar-refractivity contribution is 5.01. The molecule has 0 atom stereocenters. The van der Waals surface area contributed by atoms with Gasteiger partial charge >= 0.3 is 0 Å². The van der Waals surface area contributed by atoms with Crippen LogP contribution in [-0.2, 0) is 0 Å². The Morgan fingerprint density at radius 2 is 1.33 bits per heavy atom. The molecule has 0 aliphatic heterocycles. The SMILES string of the molecule is CCCCC[C@H]1CC[C@H](CC[C@]2(C#N)CC[C@H](CCC)CC2)CC1. The lowest BCUT2D eigenvalue weighted by Crippen LogP contribution is -2.27. The molecule has 0 aromatic rings. The van der Waals surface area contributed by atoms with Gasteiger partial charge in [-0.05, 0) is 56.3 Å². The Labute approximate surface area is 151 Å². The van der Waals surface area contributed by atoms with Crippen LogP contribution in [0.25, 0.3) is 0 Å². The highest BCUT2D eigenvalue weighted by Crippen LogP contribution is 2.45. The Bertz CT molecular complexity index is 364. The molecule has 2 fully saturated rings. The summed E-state index contributed by atoms with van der Waals surface area (Å²) in [5.74, 6) is 2.85. The summed E-state index contributed by atoms with van der Waals surface area (Å²) in [6, 6.07) is 2.76. The molecule has 1 heteroatoms. The molecule has 0 spiro atoms. The Balaban J connectivity index is 1.67. The topological polar surface area (TPSA) is 23.8 Å². The second-order valence-electron chi connectivity index (χ2n) is 9.05. The molecule has 0 aromatic carbocycles. The molecule has 2 rings (SSSR count). The van der Waals surface area contributed by atoms with Gasteiger partial charge in [-0.2, -0.15) is 5.26 Å². The summed E-state index contributed by atoms with van der Waals surface area (Å²) in [4.78, 5) is 0. The summed E-state index contributed by atoms with van der Waals surface area (Å²) < 4.78 is 0. The second-order valence-corrected chi connectivity index (χ2v) is 9.05. The predicted octanol–water partition coefficient (Wildman–Crippen LogP) is 7.65. The maximum absolute atomic E-state index is 9.80. The first-order valence-corrected chi connectivity index (χ1v) is 11.1. The minimum Gasteiger partial charge on any atom is -0.198 e. The number of hydrogen-bond donors (Lipinski definition) is 0. The van der Waals surface area contributed by atoms with Crippen LogP contribution in [0.5, 0.6) is 0 Å². The monoisotopic (exact) mass is 331 g/mol. The van der Waals surface area contributed by atoms with E-state index in [1.165, 1.54) is 103 Å². The molecule has 2 saturated carbocycles. The van der Waals surface area contributed by atoms with Gasteiger partial charge in [-0.3, -0.25) is 0 Å². The third-order valence-electron chi connectivity index (χ3n) is 7.21. The fraction of sp³-hybridized carbons (Fsp3) is 0.957. The lowest BCUT2D eigenvalue weighted by atomic mass is 9.66. The van der Waals surface area contributed by atoms with Crippen LogP contribution in [0.3, 0.4) is 0 Å². The molecule has 0 heterocycles. The third kappa shape index (κ3) is 6.09. The van der Waals surface area contributed by atoms with E-state index in [0.717, 1.165) is 17.8 Å². The number of nitrogens with zero attached hydrogens (tertiary/aromatic N) is 1. The molecule has 2 aliphatic carbocycles. The van der Waals surface area contributed by atoms with Crippen molar-refractivity contribution in [3.05, 3.63) is 0 Å². The van der Waals surface area contributed by atoms with Crippen LogP contribution in [0.4, 0.5) is 0 Å². The van der Waals surface area contributed by atoms with Crippen LogP contribution in [-0.4, -0.2) is 0 Å². The molecule has 0 saturated heterocycles. The van der Waals surface area contributed by atoms with E-state index in [2.05, 4.69) is 19.9 Å². The van der Waals surface area contributed by atoms with Crippen molar-refractivity contribution in [3.63, 3.8) is 0 Å². The van der Waals surface area contributed by atoms with E-state index in [9.17, 15) is 5.26 Å². The van der Waals surface area contributed by atoms with Crippen molar-refractivity contribution in [2.75, 3.05) is 0 Å². The van der Waals surface area contributed by atoms with Gasteiger partial charge in [0.05, 0.1) is 11.5 Å². The molecule has 138 valence electrons. The summed E-state index contributed by atoms with van der Waals surface area (Å²) in [7, 11) is 0. The van der Waals surface area contributed by atoms with Crippen molar-refractivity contribution in [2.45, 2.75) is 117 Å². The number of hydrogen-bond acceptors (Lipinski definition) is 1. The molecule has 0 radical (unpaired) electrons. The van der Waals surface area contributed by atoms with Crippen molar-refractivity contribution in [1.82, 2.24) is 0 Å². The van der Waals surface area contributed by atoms with Gasteiger partial charge in [-0.1, -0.05) is 78.1 Å². The minimum atomic E-state index is 0.0439. The maximum Gasteiger partial charge on any atom is 0.0689 e. The van der Waals surface area contributed by atoms with E-state index < -0.39 is 0 Å². The third-order valence-corrected chi connectivity index (χ3v) is 7.21. The Morgan fingerprint density at radius 1 is 0.750 bits per heavy atom. The molecule has 24 heavy (non-hydrogen) atoms. The highest BCUT2D eigenvalue weighted by atomic mass is 14.4. The summed E-state index contributed by atoms with van der Waals surface area (Å²) in [6.07, 6.45) is 21.7. The van der Waals surface area contributed by atoms with E-state index in [-0.39, 0.29) is 5.41 Å². The molecule has 0 amide bonds. The Morgan fingerprint density at radius 3 is 1.88 bits per heavy atom. The van der Waals surface area contributed by atoms with Crippen LogP contribution in [0.1, 0.15) is 117 Å². The average molecular weight is 332 g/mol. The molecular weight excluding hydrogens is 290 g/mol. The van der Waals surface area contributed by atoms with Gasteiger partial charge in [-0.15, -0.1) is 0 Å². The first-order chi connectivity index (χ1) is 11.7. The van der Waals surface area contributed by atoms with Gasteiger partial charge in [0.25, 0.3) is 0 Å². The van der Waals surface area contributed by atoms with Crippen molar-refractivity contribution in [2.24, 2.45) is 23.2 Å². The number of nitriles is 1. The van der Waals surface area contributed by atoms with E-state index in [1.807, 2.05) is 0 Å². The maximum atomic E-state index is 9.80. The summed E-state index contributed by atoms with van der Waals surface area (Å²) >= 11 is 0. The van der Waals surface area contributed by atoms with Gasteiger partial charge < -0.3 is 0 Å². The van der Waals surface area contributed by atoms with Crippen LogP contribution in [0.2, 0.25) is 0 Å². The lowest BCUT2D eigenvalue weighted by Gasteiger charge is -2.37. The molecule has 0 bridgehead atoms. The number of unbranched alkanes of at least 4 members (excludes halogenated alkanes) is 2. The largest absolute Gasteiger partial charge is 0.198 e. The standard InChI is InChI=1S/C23H41N/c1-3-5-6-8-21-9-11-22(12-10-21)15-18-23(19-24)16-13-20(7-4-2)14-17-23/h20-22H,3-18H2,1-2H3/t20-,21-,22-,23-. The first-order valence-electron chi connectivity index (χ1n) is 11.1. The Hall–Kier alpha value is -0.510. The van der Waals surface area contributed by atoms with Gasteiger partial charge in [0.15, 0.2) is 0 Å². The highest BCUT2D eigenvalue weighted by Gasteiger charge is 2.35. The van der Waals surface area contributed by atoms with Crippen molar-refractivity contribution in [3.8, 4) is 6.07 Å². The second kappa shape index (κ2) is 10.5. The van der Waals surface area contributed by atoms with Crippen LogP contribution in [0.15, 0.2) is 0 Å². The van der Waals surface area contributed by atoms with Gasteiger partial charge in [0, 0.05) is 0 Å². The van der Waals surface area contributed by atoms with Gasteiger partial charge in [0.1, 0.15) is 0 Å². The average Bonchev–Trinajstić information content (AvgIpc) is 2.63. The quantitative estimate of drug-likeness (QED) is 0.398. The normalized spacial score (nSPS) is 34.0. The van der Waals surface area contributed by atoms with Gasteiger partial charge in [-0.25, -0.2) is 0 Å². The van der Waals surface area contributed by atoms with Crippen molar-refractivity contribution in [1.29, 1.82) is 5.26 Å². The minimum absolute atomic E-state index is 0.0439. The van der Waals surface area contributed by atoms with E-state index in [1.54, 1.807) is 0 Å². The van der Waals surface area contributed by atoms with E-state index in [0.29, 0.717) is 0 Å². The molecule has 0 unspecified atom stereocenters. The van der Waals surface area contributed by atoms with Crippen molar-refractivity contribution >= 4 is 0 Å². The van der Waals surface area contributed by atoms with Crippen LogP contribution in [0, 0.1) is 34.5 Å². The fourth-order valence-corrected chi connectivity index (χ4v) is 5.32. The molecule has 0 N–H and O–H groups in total. The zero-order chi connectivity index (χ0) is 17.3. The smallest absolute Gasteiger partial charge is 0.0689 e. The first kappa shape index (κ1) is 19.8. The summed E-state index contributed by atoms with van der Waals surface area (Å²) in [5.41, 5.74) is 0.0439. The number of rotatable bonds is 9. The van der Waals surface area contributed by atoms with Crippen LogP contribution < -0.4 is 0 Å². The molecule has 1 nitrogen and oxygen atoms in total. The zero-order valence-electron chi connectivity index (χ0n) is 16.5. The predicted molar refractivity (Wildman–Crippen MR) is 104 cm³/mol. The summed E-state index contributed by atoms with van der Waals surface area (Å²) in [6.45, 7) is 4.60. The van der Waals surface area contributed by atoms with Gasteiger partial charge in [0.2, 0.25) is 0 Å². The molecule has 0 aromatic heterocycles. The van der Waals surface area contributed by atoms with E-state index in [4.69, 9.17) is 0 Å². The molecular formula is C23H41N. The van der Waals surface area contributed by atoms with E-state index >= 15 is 0 Å².